The van der Waals surface area contributed by atoms with Crippen LogP contribution in [-0.2, 0) is 23.4 Å². The number of aliphatic hydroxyl groups is 1. The maximum absolute atomic E-state index is 13.4. The van der Waals surface area contributed by atoms with Gasteiger partial charge in [0.1, 0.15) is 29.3 Å². The Morgan fingerprint density at radius 1 is 1.09 bits per heavy atom. The first-order chi connectivity index (χ1) is 21.2. The average Bonchev–Trinajstić information content (AvgIpc) is 3.25. The molecule has 4 atom stereocenters. The fourth-order valence-electron chi connectivity index (χ4n) is 4.53. The van der Waals surface area contributed by atoms with Gasteiger partial charge in [-0.15, -0.1) is 0 Å². The summed E-state index contributed by atoms with van der Waals surface area (Å²) in [5.41, 5.74) is 0.871. The molecule has 9 nitrogen and oxygen atoms in total. The van der Waals surface area contributed by atoms with Gasteiger partial charge in [0, 0.05) is 27.9 Å². The van der Waals surface area contributed by atoms with Gasteiger partial charge in [0.05, 0.1) is 19.8 Å². The topological polar surface area (TPSA) is 102 Å². The van der Waals surface area contributed by atoms with E-state index >= 15 is 0 Å². The van der Waals surface area contributed by atoms with E-state index in [0.717, 1.165) is 6.04 Å². The van der Waals surface area contributed by atoms with Gasteiger partial charge in [-0.25, -0.2) is 4.79 Å². The van der Waals surface area contributed by atoms with E-state index < -0.39 is 46.5 Å². The third-order valence-corrected chi connectivity index (χ3v) is 14.5. The maximum atomic E-state index is 13.4. The molecule has 2 unspecified atom stereocenters. The molecule has 1 N–H and O–H groups in total. The van der Waals surface area contributed by atoms with Crippen LogP contribution in [0.25, 0.3) is 6.08 Å². The van der Waals surface area contributed by atoms with E-state index in [-0.39, 0.29) is 17.7 Å². The molecule has 0 spiro atoms. The van der Waals surface area contributed by atoms with Crippen molar-refractivity contribution in [3.8, 4) is 11.5 Å². The number of hydrogen-bond acceptors (Lipinski definition) is 9. The van der Waals surface area contributed by atoms with Crippen LogP contribution in [0, 0.1) is 5.92 Å². The van der Waals surface area contributed by atoms with E-state index in [0.29, 0.717) is 42.3 Å². The molecule has 0 radical (unpaired) electrons. The summed E-state index contributed by atoms with van der Waals surface area (Å²) in [6.07, 6.45) is 6.04. The zero-order valence-corrected chi connectivity index (χ0v) is 32.5. The number of hydrogen-bond donors (Lipinski definition) is 1. The van der Waals surface area contributed by atoms with Gasteiger partial charge in [-0.1, -0.05) is 71.6 Å². The van der Waals surface area contributed by atoms with Crippen LogP contribution < -0.4 is 9.47 Å². The summed E-state index contributed by atoms with van der Waals surface area (Å²) in [7, 11) is -0.193. The van der Waals surface area contributed by atoms with Crippen molar-refractivity contribution in [2.24, 2.45) is 5.92 Å². The minimum Gasteiger partial charge on any atom is -0.497 e. The zero-order chi connectivity index (χ0) is 34.9. The molecule has 1 aliphatic rings. The van der Waals surface area contributed by atoms with Gasteiger partial charge in [0.25, 0.3) is 0 Å². The number of methoxy groups -OCH3 is 2. The van der Waals surface area contributed by atoms with Crippen LogP contribution in [0.4, 0.5) is 0 Å². The molecule has 0 saturated carbocycles. The molecular formula is C35H60O9Si2. The molecular weight excluding hydrogens is 621 g/mol. The summed E-state index contributed by atoms with van der Waals surface area (Å²) in [6.45, 7) is 24.5. The minimum atomic E-state index is -1.86. The van der Waals surface area contributed by atoms with E-state index in [1.807, 2.05) is 32.1 Å². The highest BCUT2D eigenvalue weighted by Gasteiger charge is 2.43. The second-order valence-corrected chi connectivity index (χ2v) is 25.7. The Hall–Kier alpha value is -2.00. The lowest BCUT2D eigenvalue weighted by Gasteiger charge is -2.36. The molecule has 1 fully saturated rings. The molecule has 1 saturated heterocycles. The predicted molar refractivity (Wildman–Crippen MR) is 189 cm³/mol. The summed E-state index contributed by atoms with van der Waals surface area (Å²) < 4.78 is 40.8. The maximum Gasteiger partial charge on any atom is 0.342 e. The van der Waals surface area contributed by atoms with Crippen LogP contribution in [0.15, 0.2) is 30.4 Å². The summed E-state index contributed by atoms with van der Waals surface area (Å²) in [6, 6.07) is 4.27. The standard InChI is InChI=1S/C35H60O9Si2/c1-25(23-42-46(12,13)34(2,3)4)17-18-28(36)32-29(43-35(5,6)44-32)16-14-15-26-21-27(39-8)22-30(41-24-38-7)31(26)33(37)40-19-20-45(9,10)11/h14-15,17-18,21-22,25,28-29,32,36H,16,19-20,23-24H2,1-13H3/b15-14+,18-17-/t25-,28?,29+,32?/m1/s1. The first-order valence-electron chi connectivity index (χ1n) is 16.2. The monoisotopic (exact) mass is 680 g/mol. The number of benzene rings is 1. The zero-order valence-electron chi connectivity index (χ0n) is 30.5. The fraction of sp³-hybridized carbons (Fsp3) is 0.686. The van der Waals surface area contributed by atoms with Gasteiger partial charge in [-0.05, 0) is 62.0 Å². The highest BCUT2D eigenvalue weighted by molar-refractivity contribution is 6.76. The number of ether oxygens (including phenoxy) is 6. The Labute approximate surface area is 279 Å². The van der Waals surface area contributed by atoms with Crippen molar-refractivity contribution >= 4 is 28.4 Å². The first kappa shape index (κ1) is 40.2. The highest BCUT2D eigenvalue weighted by Crippen LogP contribution is 2.37. The normalized spacial score (nSPS) is 20.3. The van der Waals surface area contributed by atoms with Gasteiger partial charge < -0.3 is 38.0 Å². The minimum absolute atomic E-state index is 0.0397. The van der Waals surface area contributed by atoms with Gasteiger partial charge in [0.15, 0.2) is 20.9 Å². The molecule has 0 aliphatic carbocycles. The van der Waals surface area contributed by atoms with E-state index in [9.17, 15) is 9.90 Å². The van der Waals surface area contributed by atoms with Gasteiger partial charge in [0.2, 0.25) is 0 Å². The van der Waals surface area contributed by atoms with Crippen molar-refractivity contribution in [2.75, 3.05) is 34.2 Å². The number of carbonyl (C=O) groups excluding carboxylic acids is 1. The van der Waals surface area contributed by atoms with E-state index in [2.05, 4.69) is 60.4 Å². The van der Waals surface area contributed by atoms with E-state index in [1.54, 1.807) is 25.3 Å². The number of aliphatic hydroxyl groups excluding tert-OH is 1. The van der Waals surface area contributed by atoms with Crippen LogP contribution >= 0.6 is 0 Å². The van der Waals surface area contributed by atoms with Crippen molar-refractivity contribution in [3.63, 3.8) is 0 Å². The summed E-state index contributed by atoms with van der Waals surface area (Å²) >= 11 is 0. The van der Waals surface area contributed by atoms with Crippen LogP contribution in [0.5, 0.6) is 11.5 Å². The van der Waals surface area contributed by atoms with Crippen molar-refractivity contribution in [2.45, 2.75) is 116 Å². The Morgan fingerprint density at radius 2 is 1.76 bits per heavy atom. The third-order valence-electron chi connectivity index (χ3n) is 8.34. The van der Waals surface area contributed by atoms with Crippen molar-refractivity contribution in [1.29, 1.82) is 0 Å². The summed E-state index contributed by atoms with van der Waals surface area (Å²) in [5, 5.41) is 11.3. The van der Waals surface area contributed by atoms with Crippen molar-refractivity contribution < 1.29 is 42.7 Å². The smallest absolute Gasteiger partial charge is 0.342 e. The third kappa shape index (κ3) is 12.6. The molecule has 0 bridgehead atoms. The van der Waals surface area contributed by atoms with Crippen LogP contribution in [0.3, 0.4) is 0 Å². The molecule has 0 aromatic heterocycles. The van der Waals surface area contributed by atoms with E-state index in [1.165, 1.54) is 7.11 Å². The lowest BCUT2D eigenvalue weighted by molar-refractivity contribution is -0.152. The molecule has 262 valence electrons. The molecule has 1 aromatic carbocycles. The summed E-state index contributed by atoms with van der Waals surface area (Å²) in [4.78, 5) is 13.4. The number of esters is 1. The Bertz CT molecular complexity index is 1180. The largest absolute Gasteiger partial charge is 0.497 e. The van der Waals surface area contributed by atoms with Crippen molar-refractivity contribution in [1.82, 2.24) is 0 Å². The lowest BCUT2D eigenvalue weighted by atomic mass is 10.0. The molecule has 1 heterocycles. The van der Waals surface area contributed by atoms with E-state index in [4.69, 9.17) is 32.8 Å². The lowest BCUT2D eigenvalue weighted by Crippen LogP contribution is -2.41. The Morgan fingerprint density at radius 3 is 2.35 bits per heavy atom. The Balaban J connectivity index is 2.24. The molecule has 1 aliphatic heterocycles. The summed E-state index contributed by atoms with van der Waals surface area (Å²) in [5.74, 6) is -0.374. The SMILES string of the molecule is COCOc1cc(OC)cc(/C=C/C[C@@H]2OC(C)(C)OC2C(O)/C=C\[C@@H](C)CO[Si](C)(C)C(C)(C)C)c1C(=O)OCC[Si](C)(C)C. The fourth-order valence-corrected chi connectivity index (χ4v) is 6.35. The first-order valence-corrected chi connectivity index (χ1v) is 22.8. The Kier molecular flexibility index (Phi) is 14.8. The van der Waals surface area contributed by atoms with Gasteiger partial charge in [-0.2, -0.15) is 0 Å². The van der Waals surface area contributed by atoms with Crippen LogP contribution in [0.2, 0.25) is 43.8 Å². The number of carbonyl (C=O) groups is 1. The van der Waals surface area contributed by atoms with Gasteiger partial charge in [-0.3, -0.25) is 0 Å². The average molecular weight is 681 g/mol. The molecule has 46 heavy (non-hydrogen) atoms. The van der Waals surface area contributed by atoms with Crippen LogP contribution in [-0.4, -0.2) is 85.8 Å². The molecule has 1 aromatic rings. The molecule has 0 amide bonds. The second-order valence-electron chi connectivity index (χ2n) is 15.3. The quantitative estimate of drug-likeness (QED) is 0.0769. The highest BCUT2D eigenvalue weighted by atomic mass is 28.4. The number of rotatable bonds is 17. The molecule has 2 rings (SSSR count). The predicted octanol–water partition coefficient (Wildman–Crippen LogP) is 7.67. The van der Waals surface area contributed by atoms with Gasteiger partial charge >= 0.3 is 5.97 Å². The van der Waals surface area contributed by atoms with Crippen LogP contribution in [0.1, 0.15) is 63.9 Å². The second kappa shape index (κ2) is 16.9. The van der Waals surface area contributed by atoms with Crippen molar-refractivity contribution in [3.05, 3.63) is 41.5 Å². The molecule has 11 heteroatoms.